The second-order valence-electron chi connectivity index (χ2n) is 7.42. The molecule has 7 heteroatoms. The summed E-state index contributed by atoms with van der Waals surface area (Å²) in [6, 6.07) is 17.3. The number of nitrogens with zero attached hydrogens (tertiary/aromatic N) is 2. The molecule has 0 bridgehead atoms. The number of hydrogen-bond acceptors (Lipinski definition) is 5. The second kappa shape index (κ2) is 10.6. The first kappa shape index (κ1) is 20.8. The Balaban J connectivity index is 1.34. The number of benzene rings is 2. The van der Waals surface area contributed by atoms with Gasteiger partial charge in [0, 0.05) is 18.7 Å². The lowest BCUT2D eigenvalue weighted by atomic mass is 9.90. The van der Waals surface area contributed by atoms with E-state index in [1.54, 1.807) is 24.3 Å². The lowest BCUT2D eigenvalue weighted by Gasteiger charge is -2.32. The number of rotatable bonds is 9. The molecule has 1 amide bonds. The van der Waals surface area contributed by atoms with Gasteiger partial charge >= 0.3 is 0 Å². The standard InChI is InChI=1S/C22H27N3O4/c26-22(21-8-6-20(7-9-21)17-29-25(27)28)23-12-15-24-13-10-19(11-14-24)16-18-4-2-1-3-5-18/h1-9,19H,10-17H2,(H,23,26). The van der Waals surface area contributed by atoms with Crippen molar-refractivity contribution in [2.45, 2.75) is 25.9 Å². The number of likely N-dealkylation sites (tertiary alicyclic amines) is 1. The van der Waals surface area contributed by atoms with Gasteiger partial charge in [-0.05, 0) is 61.5 Å². The highest BCUT2D eigenvalue weighted by atomic mass is 16.9. The molecule has 1 aliphatic heterocycles. The lowest BCUT2D eigenvalue weighted by molar-refractivity contribution is -0.763. The van der Waals surface area contributed by atoms with Crippen LogP contribution >= 0.6 is 0 Å². The molecule has 1 fully saturated rings. The van der Waals surface area contributed by atoms with Crippen LogP contribution in [0.4, 0.5) is 0 Å². The molecule has 0 unspecified atom stereocenters. The van der Waals surface area contributed by atoms with E-state index in [4.69, 9.17) is 0 Å². The van der Waals surface area contributed by atoms with Crippen LogP contribution in [0.1, 0.15) is 34.3 Å². The highest BCUT2D eigenvalue weighted by Gasteiger charge is 2.19. The molecule has 0 aliphatic carbocycles. The number of hydrogen-bond donors (Lipinski definition) is 1. The Bertz CT molecular complexity index is 787. The smallest absolute Gasteiger partial charge is 0.294 e. The fourth-order valence-corrected chi connectivity index (χ4v) is 3.67. The zero-order valence-corrected chi connectivity index (χ0v) is 16.5. The largest absolute Gasteiger partial charge is 0.351 e. The first-order chi connectivity index (χ1) is 14.1. The van der Waals surface area contributed by atoms with Crippen LogP contribution in [0, 0.1) is 16.0 Å². The van der Waals surface area contributed by atoms with Crippen molar-refractivity contribution in [3.05, 3.63) is 81.4 Å². The molecule has 154 valence electrons. The molecular weight excluding hydrogens is 370 g/mol. The summed E-state index contributed by atoms with van der Waals surface area (Å²) in [5, 5.41) is 12.3. The van der Waals surface area contributed by atoms with Crippen LogP contribution in [-0.4, -0.2) is 42.1 Å². The molecule has 0 atom stereocenters. The van der Waals surface area contributed by atoms with Crippen LogP contribution in [-0.2, 0) is 17.9 Å². The summed E-state index contributed by atoms with van der Waals surface area (Å²) in [4.78, 5) is 29.2. The van der Waals surface area contributed by atoms with Gasteiger partial charge in [-0.25, -0.2) is 0 Å². The fourth-order valence-electron chi connectivity index (χ4n) is 3.67. The summed E-state index contributed by atoms with van der Waals surface area (Å²) in [7, 11) is 0. The highest BCUT2D eigenvalue weighted by molar-refractivity contribution is 5.94. The van der Waals surface area contributed by atoms with Crippen molar-refractivity contribution >= 4 is 5.91 Å². The predicted molar refractivity (Wildman–Crippen MR) is 110 cm³/mol. The Labute approximate surface area is 170 Å². The average molecular weight is 397 g/mol. The maximum Gasteiger partial charge on any atom is 0.294 e. The number of piperidine rings is 1. The molecule has 1 saturated heterocycles. The van der Waals surface area contributed by atoms with Gasteiger partial charge in [0.2, 0.25) is 0 Å². The van der Waals surface area contributed by atoms with Crippen molar-refractivity contribution in [2.24, 2.45) is 5.92 Å². The van der Waals surface area contributed by atoms with Gasteiger partial charge in [0.05, 0.1) is 0 Å². The van der Waals surface area contributed by atoms with Gasteiger partial charge in [-0.15, -0.1) is 10.1 Å². The van der Waals surface area contributed by atoms with E-state index in [-0.39, 0.29) is 12.5 Å². The van der Waals surface area contributed by atoms with Crippen molar-refractivity contribution in [3.8, 4) is 0 Å². The Morgan fingerprint density at radius 3 is 2.41 bits per heavy atom. The fraction of sp³-hybridized carbons (Fsp3) is 0.409. The molecule has 1 N–H and O–H groups in total. The first-order valence-electron chi connectivity index (χ1n) is 10.0. The van der Waals surface area contributed by atoms with Gasteiger partial charge in [-0.3, -0.25) is 4.79 Å². The third-order valence-electron chi connectivity index (χ3n) is 5.34. The van der Waals surface area contributed by atoms with E-state index in [9.17, 15) is 14.9 Å². The van der Waals surface area contributed by atoms with Crippen LogP contribution in [0.5, 0.6) is 0 Å². The third-order valence-corrected chi connectivity index (χ3v) is 5.34. The van der Waals surface area contributed by atoms with E-state index in [0.29, 0.717) is 17.7 Å². The third kappa shape index (κ3) is 6.87. The van der Waals surface area contributed by atoms with Gasteiger partial charge in [-0.1, -0.05) is 42.5 Å². The van der Waals surface area contributed by atoms with Gasteiger partial charge < -0.3 is 15.1 Å². The van der Waals surface area contributed by atoms with E-state index in [2.05, 4.69) is 45.4 Å². The minimum Gasteiger partial charge on any atom is -0.351 e. The number of nitrogens with one attached hydrogen (secondary N) is 1. The molecule has 3 rings (SSSR count). The van der Waals surface area contributed by atoms with Gasteiger partial charge in [0.1, 0.15) is 6.61 Å². The molecule has 1 aliphatic rings. The van der Waals surface area contributed by atoms with Crippen LogP contribution < -0.4 is 5.32 Å². The quantitative estimate of drug-likeness (QED) is 0.519. The zero-order valence-electron chi connectivity index (χ0n) is 16.5. The van der Waals surface area contributed by atoms with Crippen molar-refractivity contribution < 1.29 is 14.7 Å². The average Bonchev–Trinajstić information content (AvgIpc) is 2.74. The molecule has 0 aromatic heterocycles. The monoisotopic (exact) mass is 397 g/mol. The van der Waals surface area contributed by atoms with E-state index >= 15 is 0 Å². The number of amides is 1. The van der Waals surface area contributed by atoms with E-state index in [1.807, 2.05) is 0 Å². The summed E-state index contributed by atoms with van der Waals surface area (Å²) in [5.74, 6) is 0.603. The molecular formula is C22H27N3O4. The molecule has 29 heavy (non-hydrogen) atoms. The molecule has 2 aromatic rings. The summed E-state index contributed by atoms with van der Waals surface area (Å²) in [6.07, 6.45) is 3.53. The van der Waals surface area contributed by atoms with Gasteiger partial charge in [0.25, 0.3) is 11.0 Å². The summed E-state index contributed by atoms with van der Waals surface area (Å²) in [5.41, 5.74) is 2.60. The molecule has 1 heterocycles. The minimum atomic E-state index is -0.828. The van der Waals surface area contributed by atoms with Crippen molar-refractivity contribution in [1.82, 2.24) is 10.2 Å². The maximum atomic E-state index is 12.2. The first-order valence-corrected chi connectivity index (χ1v) is 10.0. The summed E-state index contributed by atoms with van der Waals surface area (Å²) in [6.45, 7) is 3.47. The Morgan fingerprint density at radius 2 is 1.76 bits per heavy atom. The summed E-state index contributed by atoms with van der Waals surface area (Å²) < 4.78 is 0. The number of carbonyl (C=O) groups is 1. The molecule has 7 nitrogen and oxygen atoms in total. The normalized spacial score (nSPS) is 15.0. The molecule has 2 aromatic carbocycles. The lowest BCUT2D eigenvalue weighted by Crippen LogP contribution is -2.39. The Morgan fingerprint density at radius 1 is 1.07 bits per heavy atom. The van der Waals surface area contributed by atoms with Gasteiger partial charge in [-0.2, -0.15) is 0 Å². The predicted octanol–water partition coefficient (Wildman–Crippen LogP) is 3.08. The van der Waals surface area contributed by atoms with Crippen LogP contribution in [0.15, 0.2) is 54.6 Å². The van der Waals surface area contributed by atoms with Crippen molar-refractivity contribution in [3.63, 3.8) is 0 Å². The van der Waals surface area contributed by atoms with E-state index in [1.165, 1.54) is 18.4 Å². The molecule has 0 spiro atoms. The molecule has 0 radical (unpaired) electrons. The second-order valence-corrected chi connectivity index (χ2v) is 7.42. The van der Waals surface area contributed by atoms with E-state index < -0.39 is 5.09 Å². The number of carbonyl (C=O) groups excluding carboxylic acids is 1. The van der Waals surface area contributed by atoms with Gasteiger partial charge in [0.15, 0.2) is 0 Å². The van der Waals surface area contributed by atoms with E-state index in [0.717, 1.165) is 32.0 Å². The molecule has 0 saturated carbocycles. The summed E-state index contributed by atoms with van der Waals surface area (Å²) >= 11 is 0. The minimum absolute atomic E-state index is 0.116. The van der Waals surface area contributed by atoms with Crippen molar-refractivity contribution in [1.29, 1.82) is 0 Å². The maximum absolute atomic E-state index is 12.2. The highest BCUT2D eigenvalue weighted by Crippen LogP contribution is 2.21. The SMILES string of the molecule is O=C(NCCN1CCC(Cc2ccccc2)CC1)c1ccc(CO[N+](=O)[O-])cc1. The zero-order chi connectivity index (χ0) is 20.5. The van der Waals surface area contributed by atoms with Crippen LogP contribution in [0.2, 0.25) is 0 Å². The van der Waals surface area contributed by atoms with Crippen LogP contribution in [0.25, 0.3) is 0 Å². The Hall–Kier alpha value is -2.93. The Kier molecular flexibility index (Phi) is 7.58. The van der Waals surface area contributed by atoms with Crippen molar-refractivity contribution in [2.75, 3.05) is 26.2 Å². The van der Waals surface area contributed by atoms with Crippen LogP contribution in [0.3, 0.4) is 0 Å². The topological polar surface area (TPSA) is 84.7 Å².